The summed E-state index contributed by atoms with van der Waals surface area (Å²) in [5, 5.41) is 4.82. The molecule has 4 nitrogen and oxygen atoms in total. The summed E-state index contributed by atoms with van der Waals surface area (Å²) < 4.78 is 46.0. The predicted octanol–water partition coefficient (Wildman–Crippen LogP) is 1.27. The zero-order valence-corrected chi connectivity index (χ0v) is 9.59. The lowest BCUT2D eigenvalue weighted by atomic mass is 10.4. The van der Waals surface area contributed by atoms with E-state index in [9.17, 15) is 17.2 Å². The fraction of sp³-hybridized carbons (Fsp3) is 0.167. The van der Waals surface area contributed by atoms with E-state index in [-0.39, 0.29) is 8.60 Å². The molecule has 0 bridgehead atoms. The molecule has 0 radical (unpaired) electrons. The SMILES string of the molecule is NS(=O)(=O)c1ccc(C(F)F)nc1I. The minimum Gasteiger partial charge on any atom is -0.239 e. The highest BCUT2D eigenvalue weighted by Gasteiger charge is 2.16. The molecule has 1 aromatic heterocycles. The fourth-order valence-electron chi connectivity index (χ4n) is 0.769. The topological polar surface area (TPSA) is 73.1 Å². The van der Waals surface area contributed by atoms with Crippen LogP contribution in [0.2, 0.25) is 0 Å². The van der Waals surface area contributed by atoms with E-state index >= 15 is 0 Å². The van der Waals surface area contributed by atoms with Crippen molar-refractivity contribution in [2.45, 2.75) is 11.3 Å². The predicted molar refractivity (Wildman–Crippen MR) is 53.3 cm³/mol. The minimum atomic E-state index is -3.89. The summed E-state index contributed by atoms with van der Waals surface area (Å²) in [6, 6.07) is 1.96. The molecule has 0 atom stereocenters. The minimum absolute atomic E-state index is 0.0529. The smallest absolute Gasteiger partial charge is 0.239 e. The van der Waals surface area contributed by atoms with Gasteiger partial charge < -0.3 is 0 Å². The van der Waals surface area contributed by atoms with Gasteiger partial charge in [0.2, 0.25) is 10.0 Å². The molecular weight excluding hydrogens is 329 g/mol. The first-order valence-electron chi connectivity index (χ1n) is 3.30. The molecule has 1 aromatic rings. The number of hydrogen-bond acceptors (Lipinski definition) is 3. The van der Waals surface area contributed by atoms with Crippen molar-refractivity contribution in [3.63, 3.8) is 0 Å². The average molecular weight is 334 g/mol. The van der Waals surface area contributed by atoms with Gasteiger partial charge in [-0.3, -0.25) is 0 Å². The number of nitrogens with zero attached hydrogens (tertiary/aromatic N) is 1. The van der Waals surface area contributed by atoms with Gasteiger partial charge in [-0.05, 0) is 34.7 Å². The summed E-state index contributed by atoms with van der Waals surface area (Å²) in [5.74, 6) is 0. The van der Waals surface area contributed by atoms with Gasteiger partial charge in [-0.2, -0.15) is 0 Å². The second-order valence-electron chi connectivity index (χ2n) is 2.37. The van der Waals surface area contributed by atoms with Gasteiger partial charge in [-0.1, -0.05) is 0 Å². The normalized spacial score (nSPS) is 12.1. The van der Waals surface area contributed by atoms with E-state index in [4.69, 9.17) is 5.14 Å². The summed E-state index contributed by atoms with van der Waals surface area (Å²) in [6.45, 7) is 0. The van der Waals surface area contributed by atoms with Crippen LogP contribution >= 0.6 is 22.6 Å². The van der Waals surface area contributed by atoms with Gasteiger partial charge >= 0.3 is 0 Å². The van der Waals surface area contributed by atoms with Crippen LogP contribution in [-0.2, 0) is 10.0 Å². The quantitative estimate of drug-likeness (QED) is 0.654. The lowest BCUT2D eigenvalue weighted by molar-refractivity contribution is 0.145. The molecule has 0 spiro atoms. The van der Waals surface area contributed by atoms with Crippen LogP contribution in [0.5, 0.6) is 0 Å². The maximum absolute atomic E-state index is 12.1. The van der Waals surface area contributed by atoms with Crippen LogP contribution in [0.4, 0.5) is 8.78 Å². The molecule has 0 saturated carbocycles. The van der Waals surface area contributed by atoms with E-state index in [1.807, 2.05) is 0 Å². The molecular formula is C6H5F2IN2O2S. The first-order valence-corrected chi connectivity index (χ1v) is 5.92. The molecule has 0 aliphatic carbocycles. The molecule has 8 heteroatoms. The third kappa shape index (κ3) is 2.58. The number of hydrogen-bond donors (Lipinski definition) is 1. The van der Waals surface area contributed by atoms with E-state index < -0.39 is 22.1 Å². The molecule has 0 saturated heterocycles. The summed E-state index contributed by atoms with van der Waals surface area (Å²) in [6.07, 6.45) is -2.72. The summed E-state index contributed by atoms with van der Waals surface area (Å²) in [4.78, 5) is 3.17. The monoisotopic (exact) mass is 334 g/mol. The molecule has 2 N–H and O–H groups in total. The highest BCUT2D eigenvalue weighted by Crippen LogP contribution is 2.21. The van der Waals surface area contributed by atoms with Crippen LogP contribution in [0, 0.1) is 3.70 Å². The maximum Gasteiger partial charge on any atom is 0.280 e. The van der Waals surface area contributed by atoms with Crippen molar-refractivity contribution < 1.29 is 17.2 Å². The molecule has 1 heterocycles. The number of pyridine rings is 1. The van der Waals surface area contributed by atoms with Crippen molar-refractivity contribution in [1.29, 1.82) is 0 Å². The van der Waals surface area contributed by atoms with Crippen LogP contribution in [-0.4, -0.2) is 13.4 Å². The first-order chi connectivity index (χ1) is 6.32. The Morgan fingerprint density at radius 2 is 2.00 bits per heavy atom. The van der Waals surface area contributed by atoms with Gasteiger partial charge in [0.1, 0.15) is 14.3 Å². The number of sulfonamides is 1. The van der Waals surface area contributed by atoms with Gasteiger partial charge in [0.25, 0.3) is 6.43 Å². The van der Waals surface area contributed by atoms with E-state index in [0.29, 0.717) is 0 Å². The maximum atomic E-state index is 12.1. The molecule has 0 aliphatic rings. The van der Waals surface area contributed by atoms with Crippen LogP contribution in [0.25, 0.3) is 0 Å². The number of primary sulfonamides is 1. The zero-order valence-electron chi connectivity index (χ0n) is 6.62. The van der Waals surface area contributed by atoms with Gasteiger partial charge in [-0.15, -0.1) is 0 Å². The molecule has 0 fully saturated rings. The highest BCUT2D eigenvalue weighted by atomic mass is 127. The van der Waals surface area contributed by atoms with E-state index in [2.05, 4.69) is 4.98 Å². The Morgan fingerprint density at radius 3 is 2.36 bits per heavy atom. The molecule has 78 valence electrons. The van der Waals surface area contributed by atoms with Gasteiger partial charge in [0.05, 0.1) is 0 Å². The molecule has 1 rings (SSSR count). The Bertz CT molecular complexity index is 449. The van der Waals surface area contributed by atoms with Crippen LogP contribution in [0.1, 0.15) is 12.1 Å². The van der Waals surface area contributed by atoms with E-state index in [1.54, 1.807) is 22.6 Å². The van der Waals surface area contributed by atoms with E-state index in [0.717, 1.165) is 12.1 Å². The lowest BCUT2D eigenvalue weighted by Crippen LogP contribution is -2.14. The lowest BCUT2D eigenvalue weighted by Gasteiger charge is -2.03. The van der Waals surface area contributed by atoms with Crippen molar-refractivity contribution in [3.8, 4) is 0 Å². The summed E-state index contributed by atoms with van der Waals surface area (Å²) in [5.41, 5.74) is -0.471. The fourth-order valence-corrected chi connectivity index (χ4v) is 2.69. The van der Waals surface area contributed by atoms with Gasteiger partial charge in [0.15, 0.2) is 0 Å². The van der Waals surface area contributed by atoms with E-state index in [1.165, 1.54) is 0 Å². The summed E-state index contributed by atoms with van der Waals surface area (Å²) in [7, 11) is -3.89. The Balaban J connectivity index is 3.28. The Hall–Kier alpha value is -0.350. The second-order valence-corrected chi connectivity index (χ2v) is 4.92. The number of nitrogens with two attached hydrogens (primary N) is 1. The highest BCUT2D eigenvalue weighted by molar-refractivity contribution is 14.1. The standard InChI is InChI=1S/C6H5F2IN2O2S/c7-5(8)3-1-2-4(6(9)11-3)14(10,12)13/h1-2,5H,(H2,10,12,13). The largest absolute Gasteiger partial charge is 0.280 e. The number of alkyl halides is 2. The Morgan fingerprint density at radius 1 is 1.43 bits per heavy atom. The molecule has 0 amide bonds. The van der Waals surface area contributed by atoms with Crippen molar-refractivity contribution >= 4 is 32.6 Å². The number of halogens is 3. The molecule has 14 heavy (non-hydrogen) atoms. The van der Waals surface area contributed by atoms with Crippen LogP contribution in [0.15, 0.2) is 17.0 Å². The first kappa shape index (κ1) is 11.7. The molecule has 0 aromatic carbocycles. The zero-order chi connectivity index (χ0) is 10.9. The van der Waals surface area contributed by atoms with Crippen molar-refractivity contribution in [2.24, 2.45) is 5.14 Å². The molecule has 0 aliphatic heterocycles. The molecule has 0 unspecified atom stereocenters. The van der Waals surface area contributed by atoms with Crippen molar-refractivity contribution in [3.05, 3.63) is 21.5 Å². The van der Waals surface area contributed by atoms with Crippen LogP contribution in [0.3, 0.4) is 0 Å². The van der Waals surface area contributed by atoms with Crippen molar-refractivity contribution in [1.82, 2.24) is 4.98 Å². The third-order valence-corrected chi connectivity index (χ3v) is 3.50. The van der Waals surface area contributed by atoms with Crippen LogP contribution < -0.4 is 5.14 Å². The Kier molecular flexibility index (Phi) is 3.37. The third-order valence-electron chi connectivity index (χ3n) is 1.37. The Labute approximate surface area is 92.7 Å². The van der Waals surface area contributed by atoms with Crippen molar-refractivity contribution in [2.75, 3.05) is 0 Å². The second kappa shape index (κ2) is 4.03. The number of aromatic nitrogens is 1. The van der Waals surface area contributed by atoms with Gasteiger partial charge in [0, 0.05) is 0 Å². The number of rotatable bonds is 2. The average Bonchev–Trinajstić information content (AvgIpc) is 2.01. The van der Waals surface area contributed by atoms with Gasteiger partial charge in [-0.25, -0.2) is 27.3 Å². The summed E-state index contributed by atoms with van der Waals surface area (Å²) >= 11 is 1.54.